The van der Waals surface area contributed by atoms with Gasteiger partial charge in [-0.25, -0.2) is 0 Å². The maximum Gasteiger partial charge on any atom is 0.431 e. The van der Waals surface area contributed by atoms with Gasteiger partial charge >= 0.3 is 5.51 Å². The van der Waals surface area contributed by atoms with Crippen molar-refractivity contribution in [2.24, 2.45) is 0 Å². The summed E-state index contributed by atoms with van der Waals surface area (Å²) in [4.78, 5) is 0.854. The number of hydrogen-bond acceptors (Lipinski definition) is 0. The Kier molecular flexibility index (Phi) is 2.23. The molecule has 0 spiro atoms. The number of rotatable bonds is 0. The summed E-state index contributed by atoms with van der Waals surface area (Å²) in [5, 5.41) is 0. The van der Waals surface area contributed by atoms with Crippen LogP contribution < -0.4 is 0 Å². The highest BCUT2D eigenvalue weighted by molar-refractivity contribution is 8.18. The van der Waals surface area contributed by atoms with E-state index < -0.39 is 16.4 Å². The molecule has 3 rings (SSSR count). The standard InChI is InChI=1S/C13H9F3S/c14-13(15,16)17-11-7-3-1-5-9(11)10-6-2-4-8-12(10)17/h1-8,17H. The van der Waals surface area contributed by atoms with Crippen LogP contribution in [0.3, 0.4) is 0 Å². The van der Waals surface area contributed by atoms with Crippen LogP contribution in [0.4, 0.5) is 13.2 Å². The van der Waals surface area contributed by atoms with Gasteiger partial charge in [-0.1, -0.05) is 36.4 Å². The second-order valence-electron chi connectivity index (χ2n) is 3.84. The van der Waals surface area contributed by atoms with Gasteiger partial charge in [-0.05, 0) is 23.3 Å². The number of benzene rings is 2. The molecule has 0 saturated heterocycles. The molecule has 88 valence electrons. The third kappa shape index (κ3) is 1.55. The van der Waals surface area contributed by atoms with Crippen molar-refractivity contribution in [1.82, 2.24) is 0 Å². The van der Waals surface area contributed by atoms with Crippen molar-refractivity contribution >= 4 is 10.9 Å². The zero-order chi connectivity index (χ0) is 12.0. The van der Waals surface area contributed by atoms with Crippen LogP contribution in [0.15, 0.2) is 58.3 Å². The molecule has 0 saturated carbocycles. The maximum atomic E-state index is 13.1. The first kappa shape index (κ1) is 10.7. The van der Waals surface area contributed by atoms with Gasteiger partial charge in [-0.2, -0.15) is 13.2 Å². The molecular formula is C13H9F3S. The molecule has 0 aliphatic carbocycles. The van der Waals surface area contributed by atoms with Gasteiger partial charge in [-0.15, -0.1) is 10.9 Å². The second-order valence-corrected chi connectivity index (χ2v) is 5.98. The van der Waals surface area contributed by atoms with Gasteiger partial charge in [0.15, 0.2) is 0 Å². The predicted octanol–water partition coefficient (Wildman–Crippen LogP) is 4.61. The lowest BCUT2D eigenvalue weighted by Gasteiger charge is -2.21. The van der Waals surface area contributed by atoms with Gasteiger partial charge in [0.25, 0.3) is 0 Å². The number of thiol groups is 1. The molecule has 2 aromatic carbocycles. The summed E-state index contributed by atoms with van der Waals surface area (Å²) >= 11 is 0. The summed E-state index contributed by atoms with van der Waals surface area (Å²) in [5.74, 6) is 0. The van der Waals surface area contributed by atoms with Crippen LogP contribution in [-0.4, -0.2) is 5.51 Å². The summed E-state index contributed by atoms with van der Waals surface area (Å²) in [6.07, 6.45) is 0. The van der Waals surface area contributed by atoms with Gasteiger partial charge in [-0.3, -0.25) is 0 Å². The molecule has 4 heteroatoms. The second kappa shape index (κ2) is 3.53. The average Bonchev–Trinajstić information content (AvgIpc) is 2.63. The predicted molar refractivity (Wildman–Crippen MR) is 63.5 cm³/mol. The Labute approximate surface area is 99.4 Å². The lowest BCUT2D eigenvalue weighted by molar-refractivity contribution is -0.0353. The average molecular weight is 254 g/mol. The summed E-state index contributed by atoms with van der Waals surface area (Å²) < 4.78 is 39.4. The Morgan fingerprint density at radius 3 is 1.53 bits per heavy atom. The lowest BCUT2D eigenvalue weighted by atomic mass is 10.1. The summed E-state index contributed by atoms with van der Waals surface area (Å²) in [5.41, 5.74) is -2.71. The van der Waals surface area contributed by atoms with Gasteiger partial charge in [0.05, 0.1) is 0 Å². The zero-order valence-electron chi connectivity index (χ0n) is 8.70. The molecule has 2 aromatic rings. The first-order valence-electron chi connectivity index (χ1n) is 5.14. The van der Waals surface area contributed by atoms with Gasteiger partial charge in [0.2, 0.25) is 0 Å². The van der Waals surface area contributed by atoms with Crippen LogP contribution in [0.2, 0.25) is 0 Å². The normalized spacial score (nSPS) is 15.6. The van der Waals surface area contributed by atoms with E-state index >= 15 is 0 Å². The van der Waals surface area contributed by atoms with Gasteiger partial charge < -0.3 is 0 Å². The third-order valence-electron chi connectivity index (χ3n) is 2.83. The lowest BCUT2D eigenvalue weighted by Crippen LogP contribution is -2.07. The maximum absolute atomic E-state index is 13.1. The molecule has 1 aliphatic heterocycles. The number of halogens is 3. The molecule has 1 heterocycles. The van der Waals surface area contributed by atoms with E-state index in [1.165, 1.54) is 0 Å². The number of fused-ring (bicyclic) bond motifs is 3. The Morgan fingerprint density at radius 1 is 0.706 bits per heavy atom. The Bertz CT molecular complexity index is 529. The molecule has 17 heavy (non-hydrogen) atoms. The Balaban J connectivity index is 2.31. The largest absolute Gasteiger partial charge is 0.431 e. The molecule has 1 aliphatic rings. The van der Waals surface area contributed by atoms with E-state index in [0.29, 0.717) is 9.79 Å². The van der Waals surface area contributed by atoms with Crippen molar-refractivity contribution in [3.8, 4) is 11.1 Å². The molecule has 0 bridgehead atoms. The van der Waals surface area contributed by atoms with Crippen LogP contribution in [-0.2, 0) is 0 Å². The van der Waals surface area contributed by atoms with E-state index in [4.69, 9.17) is 0 Å². The minimum absolute atomic E-state index is 0.427. The highest BCUT2D eigenvalue weighted by Crippen LogP contribution is 2.65. The fourth-order valence-electron chi connectivity index (χ4n) is 2.20. The molecule has 0 atom stereocenters. The van der Waals surface area contributed by atoms with Crippen LogP contribution in [0.1, 0.15) is 0 Å². The number of alkyl halides is 3. The number of hydrogen-bond donors (Lipinski definition) is 1. The minimum Gasteiger partial charge on any atom is -0.161 e. The molecule has 0 amide bonds. The molecule has 0 unspecified atom stereocenters. The fraction of sp³-hybridized carbons (Fsp3) is 0.0769. The summed E-state index contributed by atoms with van der Waals surface area (Å²) in [7, 11) is -2.22. The fourth-order valence-corrected chi connectivity index (χ4v) is 4.34. The summed E-state index contributed by atoms with van der Waals surface area (Å²) in [6, 6.07) is 13.6. The third-order valence-corrected chi connectivity index (χ3v) is 5.08. The van der Waals surface area contributed by atoms with Crippen molar-refractivity contribution in [2.45, 2.75) is 15.3 Å². The SMILES string of the molecule is FC(F)(F)[SH]1c2ccccc2-c2ccccc21. The first-order valence-corrected chi connectivity index (χ1v) is 6.48. The van der Waals surface area contributed by atoms with E-state index in [0.717, 1.165) is 11.1 Å². The minimum atomic E-state index is -4.17. The summed E-state index contributed by atoms with van der Waals surface area (Å²) in [6.45, 7) is 0. The smallest absolute Gasteiger partial charge is 0.161 e. The van der Waals surface area contributed by atoms with Crippen molar-refractivity contribution in [1.29, 1.82) is 0 Å². The zero-order valence-corrected chi connectivity index (χ0v) is 9.59. The van der Waals surface area contributed by atoms with Crippen LogP contribution in [0.25, 0.3) is 11.1 Å². The van der Waals surface area contributed by atoms with Crippen LogP contribution >= 0.6 is 10.9 Å². The highest BCUT2D eigenvalue weighted by Gasteiger charge is 2.43. The van der Waals surface area contributed by atoms with Crippen molar-refractivity contribution in [3.63, 3.8) is 0 Å². The quantitative estimate of drug-likeness (QED) is 0.652. The molecule has 0 fully saturated rings. The molecular weight excluding hydrogens is 245 g/mol. The molecule has 0 aromatic heterocycles. The van der Waals surface area contributed by atoms with Crippen LogP contribution in [0.5, 0.6) is 0 Å². The monoisotopic (exact) mass is 254 g/mol. The topological polar surface area (TPSA) is 0 Å². The van der Waals surface area contributed by atoms with Crippen molar-refractivity contribution in [2.75, 3.05) is 0 Å². The van der Waals surface area contributed by atoms with E-state index in [9.17, 15) is 13.2 Å². The molecule has 0 N–H and O–H groups in total. The Morgan fingerprint density at radius 2 is 1.12 bits per heavy atom. The Hall–Kier alpha value is -1.42. The van der Waals surface area contributed by atoms with E-state index in [-0.39, 0.29) is 0 Å². The molecule has 0 nitrogen and oxygen atoms in total. The van der Waals surface area contributed by atoms with Crippen LogP contribution in [0, 0.1) is 0 Å². The van der Waals surface area contributed by atoms with E-state index in [2.05, 4.69) is 0 Å². The van der Waals surface area contributed by atoms with Gasteiger partial charge in [0.1, 0.15) is 0 Å². The highest BCUT2D eigenvalue weighted by atomic mass is 32.2. The van der Waals surface area contributed by atoms with Crippen molar-refractivity contribution in [3.05, 3.63) is 48.5 Å². The van der Waals surface area contributed by atoms with Gasteiger partial charge in [0, 0.05) is 9.79 Å². The van der Waals surface area contributed by atoms with E-state index in [1.54, 1.807) is 48.5 Å². The van der Waals surface area contributed by atoms with Crippen molar-refractivity contribution < 1.29 is 13.2 Å². The first-order chi connectivity index (χ1) is 8.09. The van der Waals surface area contributed by atoms with E-state index in [1.807, 2.05) is 0 Å². The molecule has 0 radical (unpaired) electrons.